The number of nitrogens with one attached hydrogen (secondary N) is 1. The maximum Gasteiger partial charge on any atom is 0.250 e. The van der Waals surface area contributed by atoms with E-state index in [9.17, 15) is 18.0 Å². The van der Waals surface area contributed by atoms with Gasteiger partial charge in [-0.05, 0) is 50.3 Å². The van der Waals surface area contributed by atoms with Gasteiger partial charge < -0.3 is 15.0 Å². The number of rotatable bonds is 7. The van der Waals surface area contributed by atoms with Gasteiger partial charge in [0, 0.05) is 33.3 Å². The van der Waals surface area contributed by atoms with Gasteiger partial charge in [0.05, 0.1) is 22.9 Å². The van der Waals surface area contributed by atoms with Gasteiger partial charge in [0.1, 0.15) is 12.6 Å². The highest BCUT2D eigenvalue weighted by atomic mass is 32.2. The lowest BCUT2D eigenvalue weighted by atomic mass is 9.96. The summed E-state index contributed by atoms with van der Waals surface area (Å²) in [7, 11) is -2.08. The Labute approximate surface area is 183 Å². The van der Waals surface area contributed by atoms with Crippen LogP contribution >= 0.6 is 0 Å². The number of methoxy groups -OCH3 is 1. The zero-order valence-corrected chi connectivity index (χ0v) is 18.7. The van der Waals surface area contributed by atoms with Gasteiger partial charge in [-0.1, -0.05) is 0 Å². The number of hydrogen-bond acceptors (Lipinski definition) is 6. The third kappa shape index (κ3) is 4.28. The fourth-order valence-electron chi connectivity index (χ4n) is 4.63. The summed E-state index contributed by atoms with van der Waals surface area (Å²) in [4.78, 5) is 29.5. The standard InChI is InChI=1S/C21H30N4O5S/c1-30-13-9-22-20(26)15-25-19-14-16(31(28,29)23-10-4-5-11-23)7-8-17(19)24-12-3-2-6-18(24)21(25)27/h7-8,14,18H,2-6,9-13,15H2,1H3,(H,22,26)/t18-/m0/s1. The van der Waals surface area contributed by atoms with Crippen LogP contribution in [0.4, 0.5) is 11.4 Å². The van der Waals surface area contributed by atoms with E-state index in [0.29, 0.717) is 31.9 Å². The molecule has 9 nitrogen and oxygen atoms in total. The maximum atomic E-state index is 13.3. The Balaban J connectivity index is 1.68. The number of piperidine rings is 1. The van der Waals surface area contributed by atoms with Crippen LogP contribution in [0.3, 0.4) is 0 Å². The van der Waals surface area contributed by atoms with Crippen molar-refractivity contribution in [3.63, 3.8) is 0 Å². The van der Waals surface area contributed by atoms with Gasteiger partial charge in [-0.25, -0.2) is 8.42 Å². The predicted molar refractivity (Wildman–Crippen MR) is 117 cm³/mol. The molecule has 1 aromatic carbocycles. The summed E-state index contributed by atoms with van der Waals surface area (Å²) in [5, 5.41) is 2.75. The van der Waals surface area contributed by atoms with Gasteiger partial charge in [-0.15, -0.1) is 0 Å². The summed E-state index contributed by atoms with van der Waals surface area (Å²) in [6, 6.07) is 4.67. The van der Waals surface area contributed by atoms with E-state index in [0.717, 1.165) is 44.3 Å². The molecule has 1 aromatic rings. The molecule has 0 spiro atoms. The van der Waals surface area contributed by atoms with Gasteiger partial charge in [0.2, 0.25) is 21.8 Å². The summed E-state index contributed by atoms with van der Waals surface area (Å²) in [6.45, 7) is 2.35. The zero-order chi connectivity index (χ0) is 22.0. The van der Waals surface area contributed by atoms with Gasteiger partial charge >= 0.3 is 0 Å². The smallest absolute Gasteiger partial charge is 0.250 e. The van der Waals surface area contributed by atoms with Crippen LogP contribution in [-0.4, -0.2) is 77.0 Å². The number of hydrogen-bond donors (Lipinski definition) is 1. The summed E-state index contributed by atoms with van der Waals surface area (Å²) >= 11 is 0. The van der Waals surface area contributed by atoms with Crippen LogP contribution in [0.2, 0.25) is 0 Å². The molecule has 3 aliphatic rings. The van der Waals surface area contributed by atoms with Crippen LogP contribution in [0.5, 0.6) is 0 Å². The number of nitrogens with zero attached hydrogens (tertiary/aromatic N) is 3. The van der Waals surface area contributed by atoms with Gasteiger partial charge in [-0.2, -0.15) is 4.31 Å². The molecule has 2 saturated heterocycles. The highest BCUT2D eigenvalue weighted by molar-refractivity contribution is 7.89. The number of benzene rings is 1. The lowest BCUT2D eigenvalue weighted by Crippen LogP contribution is -2.57. The lowest BCUT2D eigenvalue weighted by Gasteiger charge is -2.45. The second kappa shape index (κ2) is 9.13. The number of ether oxygens (including phenoxy) is 1. The van der Waals surface area contributed by atoms with Crippen LogP contribution in [0, 0.1) is 0 Å². The molecule has 0 bridgehead atoms. The van der Waals surface area contributed by atoms with Crippen LogP contribution in [-0.2, 0) is 24.3 Å². The molecular formula is C21H30N4O5S. The Morgan fingerprint density at radius 1 is 1.13 bits per heavy atom. The van der Waals surface area contributed by atoms with E-state index in [1.807, 2.05) is 0 Å². The van der Waals surface area contributed by atoms with E-state index < -0.39 is 10.0 Å². The van der Waals surface area contributed by atoms with E-state index in [-0.39, 0.29) is 29.3 Å². The Hall–Kier alpha value is -2.17. The van der Waals surface area contributed by atoms with E-state index in [1.54, 1.807) is 25.3 Å². The monoisotopic (exact) mass is 450 g/mol. The highest BCUT2D eigenvalue weighted by Crippen LogP contribution is 2.41. The quantitative estimate of drug-likeness (QED) is 0.621. The molecule has 0 unspecified atom stereocenters. The number of carbonyl (C=O) groups excluding carboxylic acids is 2. The average Bonchev–Trinajstić information content (AvgIpc) is 3.32. The Bertz CT molecular complexity index is 945. The fourth-order valence-corrected chi connectivity index (χ4v) is 6.17. The van der Waals surface area contributed by atoms with Crippen molar-refractivity contribution in [3.05, 3.63) is 18.2 Å². The molecule has 0 saturated carbocycles. The first kappa shape index (κ1) is 22.0. The van der Waals surface area contributed by atoms with Gasteiger partial charge in [-0.3, -0.25) is 14.5 Å². The summed E-state index contributed by atoms with van der Waals surface area (Å²) in [5.41, 5.74) is 1.31. The second-order valence-electron chi connectivity index (χ2n) is 8.23. The SMILES string of the molecule is COCCNC(=O)CN1C(=O)[C@@H]2CCCCN2c2ccc(S(=O)(=O)N3CCCC3)cc21. The Morgan fingerprint density at radius 3 is 2.61 bits per heavy atom. The van der Waals surface area contributed by atoms with E-state index in [1.165, 1.54) is 9.21 Å². The van der Waals surface area contributed by atoms with Crippen LogP contribution < -0.4 is 15.1 Å². The summed E-state index contributed by atoms with van der Waals surface area (Å²) < 4.78 is 32.7. The number of amides is 2. The highest BCUT2D eigenvalue weighted by Gasteiger charge is 2.41. The Kier molecular flexibility index (Phi) is 6.49. The molecule has 0 aliphatic carbocycles. The molecule has 2 fully saturated rings. The predicted octanol–water partition coefficient (Wildman–Crippen LogP) is 0.939. The van der Waals surface area contributed by atoms with Crippen molar-refractivity contribution < 1.29 is 22.7 Å². The molecule has 3 heterocycles. The van der Waals surface area contributed by atoms with Crippen LogP contribution in [0.15, 0.2) is 23.1 Å². The van der Waals surface area contributed by atoms with Gasteiger partial charge in [0.25, 0.3) is 0 Å². The van der Waals surface area contributed by atoms with E-state index in [2.05, 4.69) is 10.2 Å². The van der Waals surface area contributed by atoms with Crippen molar-refractivity contribution >= 4 is 33.2 Å². The normalized spacial score (nSPS) is 21.7. The molecule has 10 heteroatoms. The molecule has 0 aromatic heterocycles. The first-order valence-electron chi connectivity index (χ1n) is 10.9. The first-order chi connectivity index (χ1) is 14.9. The molecule has 31 heavy (non-hydrogen) atoms. The molecule has 170 valence electrons. The van der Waals surface area contributed by atoms with E-state index in [4.69, 9.17) is 4.74 Å². The molecule has 1 N–H and O–H groups in total. The number of carbonyl (C=O) groups is 2. The molecule has 1 atom stereocenters. The summed E-state index contributed by atoms with van der Waals surface area (Å²) in [6.07, 6.45) is 4.37. The van der Waals surface area contributed by atoms with Crippen molar-refractivity contribution in [3.8, 4) is 0 Å². The third-order valence-electron chi connectivity index (χ3n) is 6.23. The molecule has 3 aliphatic heterocycles. The minimum absolute atomic E-state index is 0.146. The number of fused-ring (bicyclic) bond motifs is 3. The van der Waals surface area contributed by atoms with Crippen molar-refractivity contribution in [2.75, 3.05) is 56.2 Å². The Morgan fingerprint density at radius 2 is 1.87 bits per heavy atom. The topological polar surface area (TPSA) is 99.3 Å². The van der Waals surface area contributed by atoms with Crippen molar-refractivity contribution in [1.29, 1.82) is 0 Å². The minimum Gasteiger partial charge on any atom is -0.383 e. The summed E-state index contributed by atoms with van der Waals surface area (Å²) in [5.74, 6) is -0.446. The number of anilines is 2. The minimum atomic E-state index is -3.63. The number of sulfonamides is 1. The maximum absolute atomic E-state index is 13.3. The van der Waals surface area contributed by atoms with Crippen LogP contribution in [0.1, 0.15) is 32.1 Å². The van der Waals surface area contributed by atoms with Crippen molar-refractivity contribution in [1.82, 2.24) is 9.62 Å². The largest absolute Gasteiger partial charge is 0.383 e. The zero-order valence-electron chi connectivity index (χ0n) is 17.9. The average molecular weight is 451 g/mol. The fraction of sp³-hybridized carbons (Fsp3) is 0.619. The van der Waals surface area contributed by atoms with Crippen molar-refractivity contribution in [2.24, 2.45) is 0 Å². The first-order valence-corrected chi connectivity index (χ1v) is 12.4. The lowest BCUT2D eigenvalue weighted by molar-refractivity contribution is -0.125. The second-order valence-corrected chi connectivity index (χ2v) is 10.2. The van der Waals surface area contributed by atoms with Crippen molar-refractivity contribution in [2.45, 2.75) is 43.0 Å². The molecule has 2 amide bonds. The molecule has 4 rings (SSSR count). The van der Waals surface area contributed by atoms with Gasteiger partial charge in [0.15, 0.2) is 0 Å². The molecule has 0 radical (unpaired) electrons. The molecular weight excluding hydrogens is 420 g/mol. The third-order valence-corrected chi connectivity index (χ3v) is 8.13. The van der Waals surface area contributed by atoms with Crippen LogP contribution in [0.25, 0.3) is 0 Å². The van der Waals surface area contributed by atoms with E-state index >= 15 is 0 Å².